The second-order valence-corrected chi connectivity index (χ2v) is 5.55. The number of carbonyl (C=O) groups excluding carboxylic acids is 2. The Morgan fingerprint density at radius 1 is 1.38 bits per heavy atom. The van der Waals surface area contributed by atoms with E-state index in [1.54, 1.807) is 0 Å². The Hall–Kier alpha value is -1.18. The second kappa shape index (κ2) is 3.16. The molecule has 3 aliphatic carbocycles. The summed E-state index contributed by atoms with van der Waals surface area (Å²) in [6.45, 7) is 7.65. The molecule has 3 rings (SSSR count). The lowest BCUT2D eigenvalue weighted by molar-refractivity contribution is -0.136. The van der Waals surface area contributed by atoms with Crippen LogP contribution in [0.5, 0.6) is 0 Å². The van der Waals surface area contributed by atoms with Crippen molar-refractivity contribution in [2.75, 3.05) is 0 Å². The highest BCUT2D eigenvalue weighted by atomic mass is 16.1. The molecule has 0 radical (unpaired) electrons. The molecule has 2 heteroatoms. The Morgan fingerprint density at radius 3 is 2.50 bits per heavy atom. The zero-order chi connectivity index (χ0) is 12.1. The van der Waals surface area contributed by atoms with Gasteiger partial charge in [0.05, 0.1) is 5.41 Å². The van der Waals surface area contributed by atoms with Crippen molar-refractivity contribution < 1.29 is 9.59 Å². The van der Waals surface area contributed by atoms with Crippen molar-refractivity contribution in [1.82, 2.24) is 0 Å². The van der Waals surface area contributed by atoms with Crippen LogP contribution in [0, 0.1) is 16.7 Å². The molecule has 16 heavy (non-hydrogen) atoms. The predicted octanol–water partition coefficient (Wildman–Crippen LogP) is 2.69. The van der Waals surface area contributed by atoms with Gasteiger partial charge in [0.2, 0.25) is 0 Å². The maximum absolute atomic E-state index is 12.3. The Bertz CT molecular complexity index is 426. The van der Waals surface area contributed by atoms with Crippen molar-refractivity contribution >= 4 is 11.6 Å². The normalized spacial score (nSPS) is 35.1. The lowest BCUT2D eigenvalue weighted by Crippen LogP contribution is -2.49. The molecule has 86 valence electrons. The van der Waals surface area contributed by atoms with Gasteiger partial charge in [0.25, 0.3) is 0 Å². The molecule has 0 fully saturated rings. The molecule has 0 saturated carbocycles. The third kappa shape index (κ3) is 1.25. The molecule has 0 amide bonds. The van der Waals surface area contributed by atoms with Gasteiger partial charge in [-0.25, -0.2) is 0 Å². The molecule has 2 nitrogen and oxygen atoms in total. The summed E-state index contributed by atoms with van der Waals surface area (Å²) in [5.74, 6) is 0.357. The van der Waals surface area contributed by atoms with E-state index in [1.807, 2.05) is 45.9 Å². The molecule has 0 heterocycles. The minimum Gasteiger partial charge on any atom is -0.298 e. The molecule has 2 atom stereocenters. The molecule has 0 aromatic carbocycles. The van der Waals surface area contributed by atoms with Crippen LogP contribution in [0.25, 0.3) is 0 Å². The summed E-state index contributed by atoms with van der Waals surface area (Å²) >= 11 is 0. The van der Waals surface area contributed by atoms with E-state index in [2.05, 4.69) is 0 Å². The third-order valence-electron chi connectivity index (χ3n) is 3.92. The summed E-state index contributed by atoms with van der Waals surface area (Å²) in [5, 5.41) is 0. The van der Waals surface area contributed by atoms with Crippen molar-refractivity contribution in [3.8, 4) is 0 Å². The molecule has 0 N–H and O–H groups in total. The molecular formula is C14H18O2. The van der Waals surface area contributed by atoms with Crippen LogP contribution in [0.1, 0.15) is 34.1 Å². The molecular weight excluding hydrogens is 200 g/mol. The topological polar surface area (TPSA) is 34.1 Å². The highest BCUT2D eigenvalue weighted by Gasteiger charge is 2.52. The van der Waals surface area contributed by atoms with Gasteiger partial charge in [-0.15, -0.1) is 0 Å². The summed E-state index contributed by atoms with van der Waals surface area (Å²) in [6, 6.07) is 0. The van der Waals surface area contributed by atoms with Gasteiger partial charge < -0.3 is 0 Å². The molecule has 0 aromatic heterocycles. The summed E-state index contributed by atoms with van der Waals surface area (Å²) in [7, 11) is 0. The number of hydrogen-bond donors (Lipinski definition) is 0. The first kappa shape index (κ1) is 11.3. The zero-order valence-corrected chi connectivity index (χ0v) is 10.3. The fraction of sp³-hybridized carbons (Fsp3) is 0.571. The summed E-state index contributed by atoms with van der Waals surface area (Å²) < 4.78 is 0. The van der Waals surface area contributed by atoms with Crippen molar-refractivity contribution in [1.29, 1.82) is 0 Å². The standard InChI is InChI=1S/C14H18O2/c1-5-11(15)9-8-14(4)7-6-10(9)13(2,3)12(14)16/h6-8,10H,5H2,1-4H3. The Morgan fingerprint density at radius 2 is 2.00 bits per heavy atom. The van der Waals surface area contributed by atoms with E-state index >= 15 is 0 Å². The van der Waals surface area contributed by atoms with Gasteiger partial charge in [-0.05, 0) is 6.92 Å². The van der Waals surface area contributed by atoms with Crippen LogP contribution in [0.2, 0.25) is 0 Å². The van der Waals surface area contributed by atoms with E-state index in [4.69, 9.17) is 0 Å². The number of rotatable bonds is 2. The lowest BCUT2D eigenvalue weighted by Gasteiger charge is -2.46. The Balaban J connectivity index is 2.56. The number of fused-ring (bicyclic) bond motifs is 1. The zero-order valence-electron chi connectivity index (χ0n) is 10.3. The molecule has 0 aliphatic heterocycles. The van der Waals surface area contributed by atoms with Crippen LogP contribution in [0.15, 0.2) is 23.8 Å². The van der Waals surface area contributed by atoms with Crippen LogP contribution in [-0.4, -0.2) is 11.6 Å². The van der Waals surface area contributed by atoms with Crippen LogP contribution >= 0.6 is 0 Å². The number of Topliss-reactive ketones (excluding diaryl/α,β-unsaturated/α-hetero) is 2. The van der Waals surface area contributed by atoms with Crippen LogP contribution in [0.4, 0.5) is 0 Å². The number of ketones is 2. The van der Waals surface area contributed by atoms with Gasteiger partial charge in [-0.3, -0.25) is 9.59 Å². The minimum atomic E-state index is -0.571. The van der Waals surface area contributed by atoms with Gasteiger partial charge in [0.1, 0.15) is 0 Å². The first-order valence-electron chi connectivity index (χ1n) is 5.83. The monoisotopic (exact) mass is 218 g/mol. The van der Waals surface area contributed by atoms with Crippen molar-refractivity contribution in [2.45, 2.75) is 34.1 Å². The van der Waals surface area contributed by atoms with Crippen molar-refractivity contribution in [3.05, 3.63) is 23.8 Å². The predicted molar refractivity (Wildman–Crippen MR) is 62.9 cm³/mol. The molecule has 0 saturated heterocycles. The van der Waals surface area contributed by atoms with E-state index < -0.39 is 10.8 Å². The number of allylic oxidation sites excluding steroid dienone is 4. The molecule has 3 aliphatic rings. The van der Waals surface area contributed by atoms with Crippen molar-refractivity contribution in [3.63, 3.8) is 0 Å². The largest absolute Gasteiger partial charge is 0.298 e. The van der Waals surface area contributed by atoms with Crippen LogP contribution in [-0.2, 0) is 9.59 Å². The van der Waals surface area contributed by atoms with E-state index in [0.717, 1.165) is 5.57 Å². The fourth-order valence-electron chi connectivity index (χ4n) is 2.92. The van der Waals surface area contributed by atoms with E-state index in [0.29, 0.717) is 6.42 Å². The summed E-state index contributed by atoms with van der Waals surface area (Å²) in [5.41, 5.74) is -0.186. The van der Waals surface area contributed by atoms with Gasteiger partial charge in [-0.1, -0.05) is 39.0 Å². The van der Waals surface area contributed by atoms with E-state index in [-0.39, 0.29) is 17.5 Å². The van der Waals surface area contributed by atoms with Crippen LogP contribution < -0.4 is 0 Å². The van der Waals surface area contributed by atoms with E-state index in [9.17, 15) is 9.59 Å². The van der Waals surface area contributed by atoms with Crippen molar-refractivity contribution in [2.24, 2.45) is 16.7 Å². The number of carbonyl (C=O) groups is 2. The quantitative estimate of drug-likeness (QED) is 0.668. The minimum absolute atomic E-state index is 0.0331. The van der Waals surface area contributed by atoms with Gasteiger partial charge >= 0.3 is 0 Å². The lowest BCUT2D eigenvalue weighted by atomic mass is 9.54. The Kier molecular flexibility index (Phi) is 2.23. The fourth-order valence-corrected chi connectivity index (χ4v) is 2.92. The van der Waals surface area contributed by atoms with Gasteiger partial charge in [-0.2, -0.15) is 0 Å². The first-order valence-corrected chi connectivity index (χ1v) is 5.83. The van der Waals surface area contributed by atoms with Gasteiger partial charge in [0, 0.05) is 23.3 Å². The third-order valence-corrected chi connectivity index (χ3v) is 3.92. The maximum Gasteiger partial charge on any atom is 0.158 e. The Labute approximate surface area is 96.4 Å². The molecule has 0 spiro atoms. The maximum atomic E-state index is 12.3. The summed E-state index contributed by atoms with van der Waals surface area (Å²) in [6.07, 6.45) is 6.36. The molecule has 2 bridgehead atoms. The average molecular weight is 218 g/mol. The smallest absolute Gasteiger partial charge is 0.158 e. The second-order valence-electron chi connectivity index (χ2n) is 5.55. The van der Waals surface area contributed by atoms with Crippen LogP contribution in [0.3, 0.4) is 0 Å². The molecule has 0 aromatic rings. The highest BCUT2D eigenvalue weighted by molar-refractivity contribution is 6.04. The summed E-state index contributed by atoms with van der Waals surface area (Å²) in [4.78, 5) is 24.2. The molecule has 2 unspecified atom stereocenters. The van der Waals surface area contributed by atoms with E-state index in [1.165, 1.54) is 0 Å². The highest BCUT2D eigenvalue weighted by Crippen LogP contribution is 2.51. The number of hydrogen-bond acceptors (Lipinski definition) is 2. The first-order chi connectivity index (χ1) is 7.33. The SMILES string of the molecule is CCC(=O)C1=CC2(C)C=CC1C(C)(C)C2=O. The average Bonchev–Trinajstić information content (AvgIpc) is 2.24. The van der Waals surface area contributed by atoms with Gasteiger partial charge in [0.15, 0.2) is 11.6 Å².